The first kappa shape index (κ1) is 16.4. The van der Waals surface area contributed by atoms with Gasteiger partial charge in [0.15, 0.2) is 5.69 Å². The Balaban J connectivity index is 2.54. The second-order valence-electron chi connectivity index (χ2n) is 4.92. The first-order valence-electron chi connectivity index (χ1n) is 6.42. The third-order valence-corrected chi connectivity index (χ3v) is 3.03. The highest BCUT2D eigenvalue weighted by Gasteiger charge is 2.40. The lowest BCUT2D eigenvalue weighted by Crippen LogP contribution is -2.31. The molecule has 2 aromatic rings. The molecule has 0 saturated heterocycles. The fourth-order valence-corrected chi connectivity index (χ4v) is 2.03. The monoisotopic (exact) mass is 331 g/mol. The highest BCUT2D eigenvalue weighted by Crippen LogP contribution is 2.33. The van der Waals surface area contributed by atoms with Gasteiger partial charge in [0.05, 0.1) is 17.4 Å². The molecule has 0 unspecified atom stereocenters. The molecule has 2 rings (SSSR count). The van der Waals surface area contributed by atoms with Crippen molar-refractivity contribution in [3.63, 3.8) is 0 Å². The number of nitrogens with one attached hydrogen (secondary N) is 1. The van der Waals surface area contributed by atoms with Crippen LogP contribution in [-0.4, -0.2) is 21.7 Å². The van der Waals surface area contributed by atoms with Gasteiger partial charge in [-0.25, -0.2) is 4.68 Å². The lowest BCUT2D eigenvalue weighted by molar-refractivity contribution is -0.143. The Hall–Kier alpha value is -2.02. The van der Waals surface area contributed by atoms with Crippen LogP contribution in [0.25, 0.3) is 5.69 Å². The highest BCUT2D eigenvalue weighted by molar-refractivity contribution is 6.30. The minimum atomic E-state index is -4.72. The molecule has 0 saturated carbocycles. The number of hydrogen-bond donors (Lipinski definition) is 1. The molecule has 0 aliphatic carbocycles. The van der Waals surface area contributed by atoms with Crippen molar-refractivity contribution < 1.29 is 18.0 Å². The minimum Gasteiger partial charge on any atom is -0.350 e. The molecule has 1 heterocycles. The van der Waals surface area contributed by atoms with E-state index in [1.165, 1.54) is 24.3 Å². The fraction of sp³-hybridized carbons (Fsp3) is 0.286. The van der Waals surface area contributed by atoms with Gasteiger partial charge in [-0.1, -0.05) is 11.6 Å². The van der Waals surface area contributed by atoms with E-state index in [0.29, 0.717) is 9.70 Å². The van der Waals surface area contributed by atoms with Gasteiger partial charge in [0.1, 0.15) is 0 Å². The van der Waals surface area contributed by atoms with Crippen molar-refractivity contribution in [2.75, 3.05) is 0 Å². The van der Waals surface area contributed by atoms with E-state index in [2.05, 4.69) is 10.4 Å². The van der Waals surface area contributed by atoms with Crippen LogP contribution < -0.4 is 5.32 Å². The largest absolute Gasteiger partial charge is 0.434 e. The molecule has 1 amide bonds. The maximum Gasteiger partial charge on any atom is 0.434 e. The van der Waals surface area contributed by atoms with Gasteiger partial charge < -0.3 is 5.32 Å². The summed E-state index contributed by atoms with van der Waals surface area (Å²) in [5.74, 6) is -0.817. The zero-order valence-electron chi connectivity index (χ0n) is 11.8. The van der Waals surface area contributed by atoms with E-state index >= 15 is 0 Å². The SMILES string of the molecule is CC(C)NC(=O)c1cnn(-c2ccc(Cl)cc2)c1C(F)(F)F. The Morgan fingerprint density at radius 1 is 1.27 bits per heavy atom. The van der Waals surface area contributed by atoms with Crippen molar-refractivity contribution in [3.8, 4) is 5.69 Å². The smallest absolute Gasteiger partial charge is 0.350 e. The van der Waals surface area contributed by atoms with Crippen LogP contribution in [0, 0.1) is 0 Å². The van der Waals surface area contributed by atoms with Crippen molar-refractivity contribution in [1.29, 1.82) is 0 Å². The van der Waals surface area contributed by atoms with Crippen molar-refractivity contribution in [2.45, 2.75) is 26.1 Å². The summed E-state index contributed by atoms with van der Waals surface area (Å²) in [4.78, 5) is 11.9. The summed E-state index contributed by atoms with van der Waals surface area (Å²) in [7, 11) is 0. The summed E-state index contributed by atoms with van der Waals surface area (Å²) >= 11 is 5.73. The molecule has 22 heavy (non-hydrogen) atoms. The van der Waals surface area contributed by atoms with E-state index < -0.39 is 23.3 Å². The van der Waals surface area contributed by atoms with Crippen LogP contribution in [0.4, 0.5) is 13.2 Å². The third kappa shape index (κ3) is 3.41. The van der Waals surface area contributed by atoms with Crippen LogP contribution in [0.2, 0.25) is 5.02 Å². The molecule has 0 aliphatic rings. The van der Waals surface area contributed by atoms with E-state index in [1.54, 1.807) is 13.8 Å². The molecule has 0 bridgehead atoms. The van der Waals surface area contributed by atoms with Crippen LogP contribution in [0.3, 0.4) is 0 Å². The van der Waals surface area contributed by atoms with Crippen LogP contribution in [0.5, 0.6) is 0 Å². The average molecular weight is 332 g/mol. The summed E-state index contributed by atoms with van der Waals surface area (Å²) < 4.78 is 40.7. The molecule has 0 fully saturated rings. The van der Waals surface area contributed by atoms with Gasteiger partial charge in [0, 0.05) is 11.1 Å². The van der Waals surface area contributed by atoms with Crippen molar-refractivity contribution in [3.05, 3.63) is 46.7 Å². The molecule has 0 atom stereocenters. The summed E-state index contributed by atoms with van der Waals surface area (Å²) in [6, 6.07) is 5.41. The van der Waals surface area contributed by atoms with Gasteiger partial charge in [-0.05, 0) is 38.1 Å². The topological polar surface area (TPSA) is 46.9 Å². The molecule has 0 aliphatic heterocycles. The first-order valence-corrected chi connectivity index (χ1v) is 6.80. The standard InChI is InChI=1S/C14H13ClF3N3O/c1-8(2)20-13(22)11-7-19-21(12(11)14(16,17)18)10-5-3-9(15)4-6-10/h3-8H,1-2H3,(H,20,22). The minimum absolute atomic E-state index is 0.167. The van der Waals surface area contributed by atoms with E-state index in [1.807, 2.05) is 0 Å². The predicted octanol–water partition coefficient (Wildman–Crippen LogP) is 3.68. The molecule has 1 N–H and O–H groups in total. The Morgan fingerprint density at radius 3 is 2.36 bits per heavy atom. The zero-order valence-corrected chi connectivity index (χ0v) is 12.5. The Labute approximate surface area is 129 Å². The van der Waals surface area contributed by atoms with Crippen molar-refractivity contribution in [1.82, 2.24) is 15.1 Å². The molecule has 0 spiro atoms. The number of alkyl halides is 3. The molecule has 1 aromatic heterocycles. The number of halogens is 4. The van der Waals surface area contributed by atoms with Gasteiger partial charge >= 0.3 is 6.18 Å². The molecule has 8 heteroatoms. The number of hydrogen-bond acceptors (Lipinski definition) is 2. The van der Waals surface area contributed by atoms with E-state index in [-0.39, 0.29) is 11.7 Å². The predicted molar refractivity (Wildman–Crippen MR) is 76.2 cm³/mol. The van der Waals surface area contributed by atoms with Crippen molar-refractivity contribution in [2.24, 2.45) is 0 Å². The molecular weight excluding hydrogens is 319 g/mol. The molecule has 4 nitrogen and oxygen atoms in total. The quantitative estimate of drug-likeness (QED) is 0.932. The maximum atomic E-state index is 13.3. The molecule has 0 radical (unpaired) electrons. The summed E-state index contributed by atoms with van der Waals surface area (Å²) in [5, 5.41) is 6.53. The normalized spacial score (nSPS) is 11.8. The number of benzene rings is 1. The van der Waals surface area contributed by atoms with Crippen LogP contribution in [0.15, 0.2) is 30.5 Å². The molecular formula is C14H13ClF3N3O. The Morgan fingerprint density at radius 2 is 1.86 bits per heavy atom. The lowest BCUT2D eigenvalue weighted by atomic mass is 10.2. The van der Waals surface area contributed by atoms with E-state index in [0.717, 1.165) is 6.20 Å². The van der Waals surface area contributed by atoms with Gasteiger partial charge in [-0.3, -0.25) is 4.79 Å². The van der Waals surface area contributed by atoms with Crippen LogP contribution in [-0.2, 0) is 6.18 Å². The second-order valence-corrected chi connectivity index (χ2v) is 5.36. The fourth-order valence-electron chi connectivity index (χ4n) is 1.91. The number of carbonyl (C=O) groups is 1. The zero-order chi connectivity index (χ0) is 16.5. The maximum absolute atomic E-state index is 13.3. The number of aromatic nitrogens is 2. The van der Waals surface area contributed by atoms with Gasteiger partial charge in [0.2, 0.25) is 0 Å². The van der Waals surface area contributed by atoms with Crippen LogP contribution in [0.1, 0.15) is 29.9 Å². The van der Waals surface area contributed by atoms with E-state index in [4.69, 9.17) is 11.6 Å². The highest BCUT2D eigenvalue weighted by atomic mass is 35.5. The average Bonchev–Trinajstić information content (AvgIpc) is 2.83. The summed E-state index contributed by atoms with van der Waals surface area (Å²) in [6.45, 7) is 3.32. The first-order chi connectivity index (χ1) is 10.2. The number of rotatable bonds is 3. The lowest BCUT2D eigenvalue weighted by Gasteiger charge is -2.13. The number of amides is 1. The Kier molecular flexibility index (Phi) is 4.46. The number of carbonyl (C=O) groups excluding carboxylic acids is 1. The molecule has 1 aromatic carbocycles. The van der Waals surface area contributed by atoms with Crippen LogP contribution >= 0.6 is 11.6 Å². The summed E-state index contributed by atoms with van der Waals surface area (Å²) in [6.07, 6.45) is -3.81. The van der Waals surface area contributed by atoms with Gasteiger partial charge in [-0.2, -0.15) is 18.3 Å². The number of nitrogens with zero attached hydrogens (tertiary/aromatic N) is 2. The van der Waals surface area contributed by atoms with Gasteiger partial charge in [0.25, 0.3) is 5.91 Å². The van der Waals surface area contributed by atoms with Crippen molar-refractivity contribution >= 4 is 17.5 Å². The summed E-state index contributed by atoms with van der Waals surface area (Å²) in [5.41, 5.74) is -1.47. The second kappa shape index (κ2) is 6.00. The third-order valence-electron chi connectivity index (χ3n) is 2.77. The van der Waals surface area contributed by atoms with E-state index in [9.17, 15) is 18.0 Å². The molecule has 118 valence electrons. The Bertz CT molecular complexity index is 678. The van der Waals surface area contributed by atoms with Gasteiger partial charge in [-0.15, -0.1) is 0 Å².